The van der Waals surface area contributed by atoms with E-state index in [2.05, 4.69) is 9.97 Å². The Kier molecular flexibility index (Phi) is 3.47. The van der Waals surface area contributed by atoms with E-state index in [9.17, 15) is 4.39 Å². The van der Waals surface area contributed by atoms with Gasteiger partial charge in [0.2, 0.25) is 0 Å². The molecule has 0 bridgehead atoms. The highest BCUT2D eigenvalue weighted by Crippen LogP contribution is 2.20. The van der Waals surface area contributed by atoms with Gasteiger partial charge in [-0.05, 0) is 19.1 Å². The molecule has 2 nitrogen and oxygen atoms in total. The van der Waals surface area contributed by atoms with Crippen LogP contribution in [-0.2, 0) is 0 Å². The van der Waals surface area contributed by atoms with E-state index >= 15 is 0 Å². The summed E-state index contributed by atoms with van der Waals surface area (Å²) in [6.45, 7) is 5.77. The second-order valence-electron chi connectivity index (χ2n) is 2.61. The Bertz CT molecular complexity index is 437. The van der Waals surface area contributed by atoms with Crippen molar-refractivity contribution in [1.29, 1.82) is 0 Å². The number of halogens is 2. The number of nitrogens with one attached hydrogen (secondary N) is 1. The number of aromatic amines is 1. The minimum Gasteiger partial charge on any atom is -0.342 e. The number of hydrogen-bond acceptors (Lipinski definition) is 1. The van der Waals surface area contributed by atoms with E-state index in [0.29, 0.717) is 21.9 Å². The molecule has 0 amide bonds. The monoisotopic (exact) mass is 214 g/mol. The molecule has 0 aliphatic heterocycles. The van der Waals surface area contributed by atoms with Crippen LogP contribution >= 0.6 is 11.6 Å². The maximum Gasteiger partial charge on any atom is 0.152 e. The van der Waals surface area contributed by atoms with Crippen molar-refractivity contribution in [3.63, 3.8) is 0 Å². The fourth-order valence-electron chi connectivity index (χ4n) is 1.17. The molecule has 76 valence electrons. The van der Waals surface area contributed by atoms with Gasteiger partial charge in [0.05, 0.1) is 5.52 Å². The fraction of sp³-hybridized carbons (Fsp3) is 0.300. The van der Waals surface area contributed by atoms with Gasteiger partial charge in [0.25, 0.3) is 0 Å². The third kappa shape index (κ3) is 2.04. The number of H-pyrrole nitrogens is 1. The van der Waals surface area contributed by atoms with Gasteiger partial charge in [-0.3, -0.25) is 0 Å². The fourth-order valence-corrected chi connectivity index (χ4v) is 1.37. The van der Waals surface area contributed by atoms with Crippen molar-refractivity contribution in [1.82, 2.24) is 9.97 Å². The topological polar surface area (TPSA) is 28.7 Å². The van der Waals surface area contributed by atoms with Gasteiger partial charge >= 0.3 is 0 Å². The van der Waals surface area contributed by atoms with E-state index < -0.39 is 0 Å². The van der Waals surface area contributed by atoms with Crippen LogP contribution in [0.5, 0.6) is 0 Å². The van der Waals surface area contributed by atoms with Crippen molar-refractivity contribution in [3.8, 4) is 0 Å². The second kappa shape index (κ2) is 4.42. The number of fused-ring (bicyclic) bond motifs is 1. The molecule has 4 heteroatoms. The van der Waals surface area contributed by atoms with Crippen molar-refractivity contribution < 1.29 is 4.39 Å². The van der Waals surface area contributed by atoms with Gasteiger partial charge in [-0.15, -0.1) is 0 Å². The average Bonchev–Trinajstić information content (AvgIpc) is 2.49. The van der Waals surface area contributed by atoms with E-state index in [-0.39, 0.29) is 5.82 Å². The van der Waals surface area contributed by atoms with Crippen molar-refractivity contribution in [2.75, 3.05) is 0 Å². The third-order valence-corrected chi connectivity index (χ3v) is 1.84. The molecule has 0 aliphatic rings. The zero-order chi connectivity index (χ0) is 10.7. The minimum absolute atomic E-state index is 0.344. The summed E-state index contributed by atoms with van der Waals surface area (Å²) in [6.07, 6.45) is 0. The molecular formula is C10H12ClFN2. The molecule has 1 aromatic carbocycles. The first-order valence-electron chi connectivity index (χ1n) is 4.48. The largest absolute Gasteiger partial charge is 0.342 e. The number of aromatic nitrogens is 2. The van der Waals surface area contributed by atoms with Crippen LogP contribution in [-0.4, -0.2) is 9.97 Å². The van der Waals surface area contributed by atoms with E-state index in [1.807, 2.05) is 13.8 Å². The molecule has 0 unspecified atom stereocenters. The van der Waals surface area contributed by atoms with Crippen molar-refractivity contribution in [3.05, 3.63) is 28.8 Å². The molecule has 0 aliphatic carbocycles. The zero-order valence-corrected chi connectivity index (χ0v) is 9.11. The first-order valence-corrected chi connectivity index (χ1v) is 4.86. The normalized spacial score (nSPS) is 9.79. The summed E-state index contributed by atoms with van der Waals surface area (Å²) >= 11 is 5.65. The molecule has 0 spiro atoms. The van der Waals surface area contributed by atoms with Crippen LogP contribution in [0.2, 0.25) is 5.02 Å². The van der Waals surface area contributed by atoms with Gasteiger partial charge < -0.3 is 4.98 Å². The maximum atomic E-state index is 13.1. The molecule has 0 atom stereocenters. The van der Waals surface area contributed by atoms with Gasteiger partial charge in [0, 0.05) is 5.02 Å². The second-order valence-corrected chi connectivity index (χ2v) is 3.04. The first-order chi connectivity index (χ1) is 6.66. The summed E-state index contributed by atoms with van der Waals surface area (Å²) in [7, 11) is 0. The Balaban J connectivity index is 0.000000461. The van der Waals surface area contributed by atoms with Crippen LogP contribution < -0.4 is 0 Å². The molecule has 14 heavy (non-hydrogen) atoms. The highest BCUT2D eigenvalue weighted by molar-refractivity contribution is 6.31. The number of benzene rings is 1. The Hall–Kier alpha value is -1.09. The molecule has 0 saturated heterocycles. The van der Waals surface area contributed by atoms with Crippen molar-refractivity contribution >= 4 is 22.6 Å². The molecule has 2 aromatic rings. The molecule has 1 heterocycles. The van der Waals surface area contributed by atoms with Crippen LogP contribution in [0.4, 0.5) is 4.39 Å². The van der Waals surface area contributed by atoms with Gasteiger partial charge in [-0.1, -0.05) is 25.4 Å². The highest BCUT2D eigenvalue weighted by Gasteiger charge is 2.06. The quantitative estimate of drug-likeness (QED) is 0.712. The zero-order valence-electron chi connectivity index (χ0n) is 8.36. The summed E-state index contributed by atoms with van der Waals surface area (Å²) in [5.41, 5.74) is 0.981. The third-order valence-electron chi connectivity index (χ3n) is 1.62. The van der Waals surface area contributed by atoms with Crippen LogP contribution in [0, 0.1) is 12.7 Å². The molecule has 1 N–H and O–H groups in total. The Morgan fingerprint density at radius 3 is 2.64 bits per heavy atom. The standard InChI is InChI=1S/C8H6ClFN2.C2H6/c1-4-11-7-3-5(9)2-6(10)8(7)12-4;1-2/h2-3H,1H3,(H,11,12);1-2H3. The Morgan fingerprint density at radius 2 is 2.00 bits per heavy atom. The number of imidazole rings is 1. The van der Waals surface area contributed by atoms with Gasteiger partial charge in [0.1, 0.15) is 11.3 Å². The molecule has 1 aromatic heterocycles. The van der Waals surface area contributed by atoms with Crippen LogP contribution in [0.25, 0.3) is 11.0 Å². The highest BCUT2D eigenvalue weighted by atomic mass is 35.5. The van der Waals surface area contributed by atoms with E-state index in [1.165, 1.54) is 6.07 Å². The SMILES string of the molecule is CC.Cc1nc2c(F)cc(Cl)cc2[nH]1. The average molecular weight is 215 g/mol. The summed E-state index contributed by atoms with van der Waals surface area (Å²) in [6, 6.07) is 2.91. The lowest BCUT2D eigenvalue weighted by atomic mass is 10.3. The smallest absolute Gasteiger partial charge is 0.152 e. The van der Waals surface area contributed by atoms with Crippen LogP contribution in [0.3, 0.4) is 0 Å². The molecular weight excluding hydrogens is 203 g/mol. The molecule has 2 rings (SSSR count). The lowest BCUT2D eigenvalue weighted by molar-refractivity contribution is 0.637. The summed E-state index contributed by atoms with van der Waals surface area (Å²) < 4.78 is 13.1. The molecule has 0 saturated carbocycles. The predicted octanol–water partition coefficient (Wildman–Crippen LogP) is 3.69. The lowest BCUT2D eigenvalue weighted by Crippen LogP contribution is -1.77. The number of hydrogen-bond donors (Lipinski definition) is 1. The van der Waals surface area contributed by atoms with Gasteiger partial charge in [0.15, 0.2) is 5.82 Å². The van der Waals surface area contributed by atoms with Crippen molar-refractivity contribution in [2.45, 2.75) is 20.8 Å². The van der Waals surface area contributed by atoms with E-state index in [4.69, 9.17) is 11.6 Å². The maximum absolute atomic E-state index is 13.1. The molecule has 0 radical (unpaired) electrons. The lowest BCUT2D eigenvalue weighted by Gasteiger charge is -1.91. The predicted molar refractivity (Wildman–Crippen MR) is 57.1 cm³/mol. The van der Waals surface area contributed by atoms with Gasteiger partial charge in [-0.2, -0.15) is 0 Å². The minimum atomic E-state index is -0.387. The van der Waals surface area contributed by atoms with Crippen LogP contribution in [0.15, 0.2) is 12.1 Å². The number of rotatable bonds is 0. The van der Waals surface area contributed by atoms with Crippen molar-refractivity contribution in [2.24, 2.45) is 0 Å². The Labute approximate surface area is 87.1 Å². The number of nitrogens with zero attached hydrogens (tertiary/aromatic N) is 1. The summed E-state index contributed by atoms with van der Waals surface area (Å²) in [5.74, 6) is 0.299. The Morgan fingerprint density at radius 1 is 1.36 bits per heavy atom. The van der Waals surface area contributed by atoms with E-state index in [0.717, 1.165) is 0 Å². The van der Waals surface area contributed by atoms with Crippen LogP contribution in [0.1, 0.15) is 19.7 Å². The van der Waals surface area contributed by atoms with E-state index in [1.54, 1.807) is 13.0 Å². The first kappa shape index (κ1) is 11.0. The van der Waals surface area contributed by atoms with Gasteiger partial charge in [-0.25, -0.2) is 9.37 Å². The summed E-state index contributed by atoms with van der Waals surface area (Å²) in [4.78, 5) is 6.87. The molecule has 0 fully saturated rings. The summed E-state index contributed by atoms with van der Waals surface area (Å²) in [5, 5.41) is 0.378. The number of aryl methyl sites for hydroxylation is 1.